The maximum atomic E-state index is 9.89. The monoisotopic (exact) mass is 325 g/mol. The maximum absolute atomic E-state index is 9.89. The van der Waals surface area contributed by atoms with E-state index in [1.54, 1.807) is 12.1 Å². The number of aliphatic hydroxyl groups excluding tert-OH is 1. The van der Waals surface area contributed by atoms with E-state index >= 15 is 0 Å². The minimum absolute atomic E-state index is 0. The topological polar surface area (TPSA) is 20.2 Å². The molecule has 0 saturated carbocycles. The Morgan fingerprint density at radius 2 is 1.55 bits per heavy atom. The summed E-state index contributed by atoms with van der Waals surface area (Å²) in [5.74, 6) is 0.223. The fourth-order valence-electron chi connectivity index (χ4n) is 1.66. The zero-order valence-corrected chi connectivity index (χ0v) is 12.5. The SMILES string of the molecule is OC(=C1C=CC=C1)c1ccccc1Cl.[Fe+5].c1cc[cH-]c1. The van der Waals surface area contributed by atoms with Crippen molar-refractivity contribution in [2.75, 3.05) is 0 Å². The minimum atomic E-state index is 0. The van der Waals surface area contributed by atoms with Crippen LogP contribution in [-0.2, 0) is 17.1 Å². The zero-order chi connectivity index (χ0) is 13.5. The third-order valence-corrected chi connectivity index (χ3v) is 2.95. The predicted molar refractivity (Wildman–Crippen MR) is 81.3 cm³/mol. The van der Waals surface area contributed by atoms with Gasteiger partial charge in [0, 0.05) is 11.1 Å². The van der Waals surface area contributed by atoms with Crippen molar-refractivity contribution in [3.05, 3.63) is 95.1 Å². The molecule has 2 aromatic rings. The van der Waals surface area contributed by atoms with Gasteiger partial charge in [0.2, 0.25) is 0 Å². The van der Waals surface area contributed by atoms with Crippen LogP contribution in [0.4, 0.5) is 0 Å². The molecule has 0 aromatic heterocycles. The minimum Gasteiger partial charge on any atom is -0.507 e. The standard InChI is InChI=1S/C12H9ClO.C5H5.Fe/c13-11-8-4-3-7-10(11)12(14)9-5-1-2-6-9;1-2-4-5-3-1;/h1-8,14H;1-5H;/q;-1;+5. The van der Waals surface area contributed by atoms with E-state index in [-0.39, 0.29) is 22.8 Å². The molecule has 20 heavy (non-hydrogen) atoms. The molecule has 99 valence electrons. The van der Waals surface area contributed by atoms with Crippen LogP contribution < -0.4 is 0 Å². The predicted octanol–water partition coefficient (Wildman–Crippen LogP) is 5.14. The van der Waals surface area contributed by atoms with Gasteiger partial charge in [-0.2, -0.15) is 18.2 Å². The Hall–Kier alpha value is -1.60. The summed E-state index contributed by atoms with van der Waals surface area (Å²) in [7, 11) is 0. The quantitative estimate of drug-likeness (QED) is 0.437. The smallest absolute Gasteiger partial charge is 0.507 e. The molecular formula is C17H14ClFeO+4. The van der Waals surface area contributed by atoms with Crippen LogP contribution in [-0.4, -0.2) is 5.11 Å². The first-order valence-electron chi connectivity index (χ1n) is 5.98. The first kappa shape index (κ1) is 16.5. The number of rotatable bonds is 1. The Balaban J connectivity index is 0.000000283. The van der Waals surface area contributed by atoms with Crippen molar-refractivity contribution in [3.8, 4) is 0 Å². The number of allylic oxidation sites excluding steroid dienone is 5. The second kappa shape index (κ2) is 8.55. The summed E-state index contributed by atoms with van der Waals surface area (Å²) in [6.07, 6.45) is 7.45. The van der Waals surface area contributed by atoms with Gasteiger partial charge >= 0.3 is 17.1 Å². The molecular weight excluding hydrogens is 311 g/mol. The second-order valence-electron chi connectivity index (χ2n) is 3.96. The average Bonchev–Trinajstić information content (AvgIpc) is 3.14. The van der Waals surface area contributed by atoms with E-state index < -0.39 is 0 Å². The fourth-order valence-corrected chi connectivity index (χ4v) is 1.89. The van der Waals surface area contributed by atoms with Crippen LogP contribution in [0.1, 0.15) is 5.56 Å². The van der Waals surface area contributed by atoms with E-state index in [4.69, 9.17) is 11.6 Å². The zero-order valence-electron chi connectivity index (χ0n) is 10.7. The molecule has 0 aliphatic heterocycles. The van der Waals surface area contributed by atoms with E-state index in [0.717, 1.165) is 5.57 Å². The normalized spacial score (nSPS) is 11.6. The summed E-state index contributed by atoms with van der Waals surface area (Å²) in [4.78, 5) is 0. The van der Waals surface area contributed by atoms with E-state index in [1.165, 1.54) is 0 Å². The molecule has 0 amide bonds. The van der Waals surface area contributed by atoms with E-state index in [0.29, 0.717) is 10.6 Å². The van der Waals surface area contributed by atoms with Crippen molar-refractivity contribution in [2.24, 2.45) is 0 Å². The number of benzene rings is 1. The van der Waals surface area contributed by atoms with Crippen LogP contribution in [0.25, 0.3) is 5.76 Å². The Bertz CT molecular complexity index is 578. The molecule has 3 rings (SSSR count). The van der Waals surface area contributed by atoms with Crippen LogP contribution in [0, 0.1) is 0 Å². The molecule has 1 radical (unpaired) electrons. The number of aliphatic hydroxyl groups is 1. The van der Waals surface area contributed by atoms with E-state index in [1.807, 2.05) is 66.8 Å². The van der Waals surface area contributed by atoms with Gasteiger partial charge in [0.15, 0.2) is 0 Å². The summed E-state index contributed by atoms with van der Waals surface area (Å²) in [6.45, 7) is 0. The first-order chi connectivity index (χ1) is 9.29. The van der Waals surface area contributed by atoms with Gasteiger partial charge in [-0.25, -0.2) is 12.1 Å². The molecule has 0 atom stereocenters. The molecule has 0 bridgehead atoms. The van der Waals surface area contributed by atoms with Crippen LogP contribution in [0.3, 0.4) is 0 Å². The number of hydrogen-bond acceptors (Lipinski definition) is 1. The Morgan fingerprint density at radius 1 is 0.950 bits per heavy atom. The second-order valence-corrected chi connectivity index (χ2v) is 4.37. The van der Waals surface area contributed by atoms with Crippen molar-refractivity contribution < 1.29 is 22.2 Å². The Kier molecular flexibility index (Phi) is 7.03. The summed E-state index contributed by atoms with van der Waals surface area (Å²) in [5, 5.41) is 10.5. The maximum Gasteiger partial charge on any atom is 5.00 e. The third-order valence-electron chi connectivity index (χ3n) is 2.62. The molecule has 0 heterocycles. The number of halogens is 1. The van der Waals surface area contributed by atoms with E-state index in [9.17, 15) is 5.11 Å². The number of hydrogen-bond donors (Lipinski definition) is 1. The molecule has 0 spiro atoms. The molecule has 1 aliphatic carbocycles. The van der Waals surface area contributed by atoms with Crippen molar-refractivity contribution in [2.45, 2.75) is 0 Å². The molecule has 3 heteroatoms. The Morgan fingerprint density at radius 3 is 2.05 bits per heavy atom. The molecule has 0 fully saturated rings. The van der Waals surface area contributed by atoms with E-state index in [2.05, 4.69) is 0 Å². The summed E-state index contributed by atoms with van der Waals surface area (Å²) in [6, 6.07) is 17.2. The molecule has 0 unspecified atom stereocenters. The van der Waals surface area contributed by atoms with Crippen molar-refractivity contribution in [1.82, 2.24) is 0 Å². The van der Waals surface area contributed by atoms with Crippen molar-refractivity contribution >= 4 is 17.4 Å². The summed E-state index contributed by atoms with van der Waals surface area (Å²) >= 11 is 5.96. The van der Waals surface area contributed by atoms with Gasteiger partial charge in [0.1, 0.15) is 5.76 Å². The van der Waals surface area contributed by atoms with Gasteiger partial charge in [-0.3, -0.25) is 0 Å². The van der Waals surface area contributed by atoms with Gasteiger partial charge < -0.3 is 5.11 Å². The molecule has 0 saturated heterocycles. The third kappa shape index (κ3) is 4.50. The first-order valence-corrected chi connectivity index (χ1v) is 6.36. The largest absolute Gasteiger partial charge is 5.00 e. The van der Waals surface area contributed by atoms with Gasteiger partial charge in [-0.05, 0) is 12.1 Å². The van der Waals surface area contributed by atoms with Crippen molar-refractivity contribution in [3.63, 3.8) is 0 Å². The van der Waals surface area contributed by atoms with Crippen LogP contribution >= 0.6 is 11.6 Å². The summed E-state index contributed by atoms with van der Waals surface area (Å²) in [5.41, 5.74) is 1.46. The molecule has 1 N–H and O–H groups in total. The van der Waals surface area contributed by atoms with Gasteiger partial charge in [-0.15, -0.1) is 0 Å². The Labute approximate surface area is 134 Å². The summed E-state index contributed by atoms with van der Waals surface area (Å²) < 4.78 is 0. The van der Waals surface area contributed by atoms with Gasteiger partial charge in [0.05, 0.1) is 5.02 Å². The van der Waals surface area contributed by atoms with Crippen LogP contribution in [0.15, 0.2) is 84.5 Å². The molecule has 1 nitrogen and oxygen atoms in total. The fraction of sp³-hybridized carbons (Fsp3) is 0. The van der Waals surface area contributed by atoms with Gasteiger partial charge in [-0.1, -0.05) is 48.0 Å². The van der Waals surface area contributed by atoms with Crippen molar-refractivity contribution in [1.29, 1.82) is 0 Å². The molecule has 1 aliphatic rings. The average molecular weight is 326 g/mol. The van der Waals surface area contributed by atoms with Gasteiger partial charge in [0.25, 0.3) is 0 Å². The molecule has 2 aromatic carbocycles. The van der Waals surface area contributed by atoms with Crippen LogP contribution in [0.5, 0.6) is 0 Å². The van der Waals surface area contributed by atoms with Crippen LogP contribution in [0.2, 0.25) is 5.02 Å².